The van der Waals surface area contributed by atoms with Crippen LogP contribution in [0, 0.1) is 11.2 Å². The molecule has 1 aromatic carbocycles. The van der Waals surface area contributed by atoms with Crippen molar-refractivity contribution in [2.24, 2.45) is 5.41 Å². The zero-order chi connectivity index (χ0) is 24.2. The van der Waals surface area contributed by atoms with Gasteiger partial charge < -0.3 is 30.3 Å². The summed E-state index contributed by atoms with van der Waals surface area (Å²) in [5, 5.41) is 28.3. The second-order valence-electron chi connectivity index (χ2n) is 9.09. The number of hydrogen-bond acceptors (Lipinski definition) is 7. The highest BCUT2D eigenvalue weighted by Gasteiger charge is 2.34. The van der Waals surface area contributed by atoms with E-state index in [1.807, 2.05) is 0 Å². The topological polar surface area (TPSA) is 135 Å². The Morgan fingerprint density at radius 1 is 1.33 bits per heavy atom. The zero-order valence-corrected chi connectivity index (χ0v) is 19.0. The first kappa shape index (κ1) is 25.0. The fourth-order valence-corrected chi connectivity index (χ4v) is 3.59. The number of nitrogens with zero attached hydrogens (tertiary/aromatic N) is 2. The van der Waals surface area contributed by atoms with Gasteiger partial charge in [0.05, 0.1) is 39.1 Å². The third-order valence-corrected chi connectivity index (χ3v) is 5.32. The normalized spacial score (nSPS) is 18.7. The van der Waals surface area contributed by atoms with Crippen molar-refractivity contribution in [3.05, 3.63) is 29.7 Å². The van der Waals surface area contributed by atoms with E-state index in [2.05, 4.69) is 15.7 Å². The first-order valence-corrected chi connectivity index (χ1v) is 10.8. The summed E-state index contributed by atoms with van der Waals surface area (Å²) in [6.45, 7) is 6.11. The molecule has 3 atom stereocenters. The molecule has 2 heterocycles. The van der Waals surface area contributed by atoms with Crippen molar-refractivity contribution in [2.75, 3.05) is 33.0 Å². The predicted octanol–water partition coefficient (Wildman–Crippen LogP) is 0.205. The lowest BCUT2D eigenvalue weighted by atomic mass is 9.86. The molecule has 2 aromatic rings. The van der Waals surface area contributed by atoms with E-state index >= 15 is 0 Å². The minimum absolute atomic E-state index is 0.0151. The number of amides is 2. The summed E-state index contributed by atoms with van der Waals surface area (Å²) in [4.78, 5) is 25.9. The summed E-state index contributed by atoms with van der Waals surface area (Å²) >= 11 is 0. The highest BCUT2D eigenvalue weighted by atomic mass is 19.1. The number of carbonyl (C=O) groups is 2. The highest BCUT2D eigenvalue weighted by molar-refractivity contribution is 6.06. The Morgan fingerprint density at radius 3 is 2.73 bits per heavy atom. The van der Waals surface area contributed by atoms with Gasteiger partial charge in [-0.2, -0.15) is 5.10 Å². The molecular weight excluding hydrogens is 435 g/mol. The first-order valence-electron chi connectivity index (χ1n) is 10.8. The van der Waals surface area contributed by atoms with E-state index in [-0.39, 0.29) is 30.4 Å². The van der Waals surface area contributed by atoms with E-state index < -0.39 is 41.8 Å². The van der Waals surface area contributed by atoms with Gasteiger partial charge in [-0.1, -0.05) is 32.9 Å². The number of aliphatic hydroxyl groups excluding tert-OH is 2. The van der Waals surface area contributed by atoms with Gasteiger partial charge >= 0.3 is 0 Å². The molecule has 182 valence electrons. The average Bonchev–Trinajstić information content (AvgIpc) is 3.15. The van der Waals surface area contributed by atoms with Crippen molar-refractivity contribution in [1.29, 1.82) is 0 Å². The molecule has 11 heteroatoms. The Bertz CT molecular complexity index is 983. The maximum atomic E-state index is 14.7. The van der Waals surface area contributed by atoms with Crippen molar-refractivity contribution in [2.45, 2.75) is 45.6 Å². The van der Waals surface area contributed by atoms with E-state index in [0.717, 1.165) is 0 Å². The molecule has 1 fully saturated rings. The summed E-state index contributed by atoms with van der Waals surface area (Å²) in [6, 6.07) is 3.40. The maximum Gasteiger partial charge on any atom is 0.273 e. The van der Waals surface area contributed by atoms with E-state index in [1.165, 1.54) is 16.8 Å². The lowest BCUT2D eigenvalue weighted by Gasteiger charge is -2.30. The summed E-state index contributed by atoms with van der Waals surface area (Å²) in [7, 11) is 0. The second kappa shape index (κ2) is 10.6. The number of hydrogen-bond donors (Lipinski definition) is 4. The number of fused-ring (bicyclic) bond motifs is 1. The summed E-state index contributed by atoms with van der Waals surface area (Å²) in [5.41, 5.74) is -0.529. The number of ether oxygens (including phenoxy) is 2. The Balaban J connectivity index is 1.87. The molecule has 0 spiro atoms. The average molecular weight is 467 g/mol. The molecule has 0 bridgehead atoms. The molecule has 0 aliphatic carbocycles. The van der Waals surface area contributed by atoms with Crippen molar-refractivity contribution < 1.29 is 33.7 Å². The van der Waals surface area contributed by atoms with Crippen LogP contribution < -0.4 is 10.6 Å². The van der Waals surface area contributed by atoms with E-state index in [4.69, 9.17) is 14.6 Å². The van der Waals surface area contributed by atoms with Crippen LogP contribution >= 0.6 is 0 Å². The molecule has 0 saturated carbocycles. The fourth-order valence-electron chi connectivity index (χ4n) is 3.59. The van der Waals surface area contributed by atoms with Gasteiger partial charge in [-0.05, 0) is 11.5 Å². The Morgan fingerprint density at radius 2 is 2.09 bits per heavy atom. The van der Waals surface area contributed by atoms with E-state index in [9.17, 15) is 19.1 Å². The Kier molecular flexibility index (Phi) is 8.01. The molecule has 3 unspecified atom stereocenters. The van der Waals surface area contributed by atoms with Crippen LogP contribution in [0.25, 0.3) is 10.9 Å². The number of benzene rings is 1. The molecule has 1 saturated heterocycles. The van der Waals surface area contributed by atoms with Gasteiger partial charge in [0.25, 0.3) is 5.91 Å². The number of aliphatic hydroxyl groups is 2. The van der Waals surface area contributed by atoms with Gasteiger partial charge in [0.15, 0.2) is 5.69 Å². The molecule has 3 rings (SSSR count). The molecule has 1 aliphatic heterocycles. The number of carbonyl (C=O) groups excluding carboxylic acids is 2. The highest BCUT2D eigenvalue weighted by Crippen LogP contribution is 2.24. The lowest BCUT2D eigenvalue weighted by Crippen LogP contribution is -2.54. The van der Waals surface area contributed by atoms with Crippen molar-refractivity contribution in [1.82, 2.24) is 20.4 Å². The van der Waals surface area contributed by atoms with Crippen LogP contribution in [0.5, 0.6) is 0 Å². The van der Waals surface area contributed by atoms with Gasteiger partial charge in [0.2, 0.25) is 5.91 Å². The molecule has 2 amide bonds. The van der Waals surface area contributed by atoms with Crippen LogP contribution in [0.15, 0.2) is 18.2 Å². The van der Waals surface area contributed by atoms with Crippen molar-refractivity contribution >= 4 is 22.7 Å². The zero-order valence-electron chi connectivity index (χ0n) is 19.0. The summed E-state index contributed by atoms with van der Waals surface area (Å²) in [5.74, 6) is -1.69. The first-order chi connectivity index (χ1) is 15.6. The van der Waals surface area contributed by atoms with Crippen LogP contribution in [-0.4, -0.2) is 83.0 Å². The number of aromatic nitrogens is 2. The lowest BCUT2D eigenvalue weighted by molar-refractivity contribution is -0.125. The fraction of sp³-hybridized carbons (Fsp3) is 0.591. The largest absolute Gasteiger partial charge is 0.394 e. The SMILES string of the molecule is CC(C)(C)C(NC(=O)c1nn(CC2COCCO2)c2c(F)cccc12)C(=O)NCC(O)CO. The van der Waals surface area contributed by atoms with E-state index in [0.29, 0.717) is 25.2 Å². The summed E-state index contributed by atoms with van der Waals surface area (Å²) < 4.78 is 27.1. The Labute approximate surface area is 191 Å². The molecule has 10 nitrogen and oxygen atoms in total. The predicted molar refractivity (Wildman–Crippen MR) is 117 cm³/mol. The van der Waals surface area contributed by atoms with E-state index in [1.54, 1.807) is 26.8 Å². The molecule has 1 aliphatic rings. The molecule has 33 heavy (non-hydrogen) atoms. The third kappa shape index (κ3) is 6.05. The quantitative estimate of drug-likeness (QED) is 0.437. The van der Waals surface area contributed by atoms with Crippen LogP contribution in [0.3, 0.4) is 0 Å². The van der Waals surface area contributed by atoms with Crippen LogP contribution in [0.2, 0.25) is 0 Å². The number of halogens is 1. The standard InChI is InChI=1S/C22H31FN4O6/c1-22(2,3)19(21(31)24-9-13(29)11-28)25-20(30)17-15-5-4-6-16(23)18(15)27(26-17)10-14-12-32-7-8-33-14/h4-6,13-14,19,28-29H,7-12H2,1-3H3,(H,24,31)(H,25,30). The number of rotatable bonds is 8. The van der Waals surface area contributed by atoms with Crippen molar-refractivity contribution in [3.8, 4) is 0 Å². The van der Waals surface area contributed by atoms with Crippen LogP contribution in [0.1, 0.15) is 31.3 Å². The van der Waals surface area contributed by atoms with Gasteiger partial charge in [0, 0.05) is 11.9 Å². The van der Waals surface area contributed by atoms with Crippen LogP contribution in [-0.2, 0) is 20.8 Å². The number of nitrogens with one attached hydrogen (secondary N) is 2. The molecular formula is C22H31FN4O6. The van der Waals surface area contributed by atoms with Crippen molar-refractivity contribution in [3.63, 3.8) is 0 Å². The van der Waals surface area contributed by atoms with Crippen LogP contribution in [0.4, 0.5) is 4.39 Å². The minimum Gasteiger partial charge on any atom is -0.394 e. The monoisotopic (exact) mass is 466 g/mol. The molecule has 0 radical (unpaired) electrons. The van der Waals surface area contributed by atoms with Gasteiger partial charge in [-0.3, -0.25) is 14.3 Å². The van der Waals surface area contributed by atoms with Gasteiger partial charge in [-0.25, -0.2) is 4.39 Å². The number of para-hydroxylation sites is 1. The smallest absolute Gasteiger partial charge is 0.273 e. The Hall–Kier alpha value is -2.60. The second-order valence-corrected chi connectivity index (χ2v) is 9.09. The maximum absolute atomic E-state index is 14.7. The van der Waals surface area contributed by atoms with Gasteiger partial charge in [-0.15, -0.1) is 0 Å². The van der Waals surface area contributed by atoms with Gasteiger partial charge in [0.1, 0.15) is 23.5 Å². The molecule has 1 aromatic heterocycles. The third-order valence-electron chi connectivity index (χ3n) is 5.32. The minimum atomic E-state index is -1.11. The summed E-state index contributed by atoms with van der Waals surface area (Å²) in [6.07, 6.45) is -1.44. The molecule has 4 N–H and O–H groups in total.